The molecule has 0 aliphatic carbocycles. The van der Waals surface area contributed by atoms with Crippen LogP contribution < -0.4 is 5.73 Å². The van der Waals surface area contributed by atoms with Gasteiger partial charge < -0.3 is 15.4 Å². The van der Waals surface area contributed by atoms with Gasteiger partial charge in [0.2, 0.25) is 5.91 Å². The van der Waals surface area contributed by atoms with E-state index in [9.17, 15) is 4.79 Å². The standard InChI is InChI=1S/C15H28N2O2.ClH/c1-3-14(2)4-8-17(9-5-14)13(18)15(12-16)6-10-19-11-7-15;/h3-12,16H2,1-2H3;1H. The third kappa shape index (κ3) is 3.46. The van der Waals surface area contributed by atoms with E-state index in [0.717, 1.165) is 38.8 Å². The van der Waals surface area contributed by atoms with E-state index in [-0.39, 0.29) is 23.7 Å². The third-order valence-electron chi connectivity index (χ3n) is 5.41. The zero-order valence-electron chi connectivity index (χ0n) is 12.8. The minimum Gasteiger partial charge on any atom is -0.381 e. The highest BCUT2D eigenvalue weighted by Crippen LogP contribution is 2.37. The van der Waals surface area contributed by atoms with E-state index in [1.165, 1.54) is 6.42 Å². The second-order valence-corrected chi connectivity index (χ2v) is 6.55. The predicted molar refractivity (Wildman–Crippen MR) is 83.0 cm³/mol. The number of piperidine rings is 1. The number of likely N-dealkylation sites (tertiary alicyclic amines) is 1. The van der Waals surface area contributed by atoms with Crippen molar-refractivity contribution >= 4 is 18.3 Å². The molecule has 118 valence electrons. The number of hydrogen-bond acceptors (Lipinski definition) is 3. The molecule has 0 saturated carbocycles. The van der Waals surface area contributed by atoms with Crippen LogP contribution in [0.3, 0.4) is 0 Å². The van der Waals surface area contributed by atoms with Crippen LogP contribution in [0.4, 0.5) is 0 Å². The Labute approximate surface area is 128 Å². The molecule has 0 aromatic carbocycles. The van der Waals surface area contributed by atoms with Crippen molar-refractivity contribution in [2.45, 2.75) is 46.0 Å². The van der Waals surface area contributed by atoms with Crippen molar-refractivity contribution in [3.05, 3.63) is 0 Å². The van der Waals surface area contributed by atoms with Gasteiger partial charge in [0.1, 0.15) is 0 Å². The van der Waals surface area contributed by atoms with Gasteiger partial charge in [0.15, 0.2) is 0 Å². The number of carbonyl (C=O) groups excluding carboxylic acids is 1. The first-order valence-corrected chi connectivity index (χ1v) is 7.62. The Balaban J connectivity index is 0.00000200. The summed E-state index contributed by atoms with van der Waals surface area (Å²) in [6, 6.07) is 0. The second-order valence-electron chi connectivity index (χ2n) is 6.55. The second kappa shape index (κ2) is 7.10. The van der Waals surface area contributed by atoms with E-state index in [1.807, 2.05) is 0 Å². The van der Waals surface area contributed by atoms with Crippen molar-refractivity contribution < 1.29 is 9.53 Å². The average Bonchev–Trinajstić information content (AvgIpc) is 2.48. The average molecular weight is 305 g/mol. The third-order valence-corrected chi connectivity index (χ3v) is 5.41. The normalized spacial score (nSPS) is 24.9. The zero-order valence-corrected chi connectivity index (χ0v) is 13.6. The molecule has 2 rings (SSSR count). The van der Waals surface area contributed by atoms with Gasteiger partial charge in [0.25, 0.3) is 0 Å². The van der Waals surface area contributed by atoms with Gasteiger partial charge in [0.05, 0.1) is 5.41 Å². The van der Waals surface area contributed by atoms with Crippen molar-refractivity contribution in [1.29, 1.82) is 0 Å². The molecule has 2 aliphatic heterocycles. The lowest BCUT2D eigenvalue weighted by molar-refractivity contribution is -0.149. The van der Waals surface area contributed by atoms with Crippen LogP contribution in [0.2, 0.25) is 0 Å². The molecule has 0 aromatic rings. The molecule has 0 aromatic heterocycles. The first kappa shape index (κ1) is 17.7. The van der Waals surface area contributed by atoms with Crippen LogP contribution in [-0.4, -0.2) is 43.7 Å². The molecular weight excluding hydrogens is 276 g/mol. The van der Waals surface area contributed by atoms with E-state index in [2.05, 4.69) is 18.7 Å². The number of ether oxygens (including phenoxy) is 1. The molecule has 20 heavy (non-hydrogen) atoms. The number of hydrogen-bond donors (Lipinski definition) is 1. The number of rotatable bonds is 3. The zero-order chi connectivity index (χ0) is 13.9. The van der Waals surface area contributed by atoms with Gasteiger partial charge in [-0.1, -0.05) is 20.3 Å². The van der Waals surface area contributed by atoms with Crippen molar-refractivity contribution in [2.75, 3.05) is 32.8 Å². The number of halogens is 1. The lowest BCUT2D eigenvalue weighted by Gasteiger charge is -2.44. The maximum atomic E-state index is 12.8. The van der Waals surface area contributed by atoms with Crippen LogP contribution in [-0.2, 0) is 9.53 Å². The van der Waals surface area contributed by atoms with Crippen molar-refractivity contribution in [3.63, 3.8) is 0 Å². The number of carbonyl (C=O) groups is 1. The minimum atomic E-state index is -0.349. The van der Waals surface area contributed by atoms with Gasteiger partial charge in [-0.25, -0.2) is 0 Å². The van der Waals surface area contributed by atoms with Crippen LogP contribution >= 0.6 is 12.4 Å². The molecule has 0 bridgehead atoms. The number of nitrogens with zero attached hydrogens (tertiary/aromatic N) is 1. The molecule has 2 aliphatic rings. The highest BCUT2D eigenvalue weighted by atomic mass is 35.5. The largest absolute Gasteiger partial charge is 0.381 e. The van der Waals surface area contributed by atoms with E-state index in [1.54, 1.807) is 0 Å². The fourth-order valence-electron chi connectivity index (χ4n) is 3.21. The molecule has 0 spiro atoms. The molecule has 0 unspecified atom stereocenters. The van der Waals surface area contributed by atoms with Crippen LogP contribution in [0.5, 0.6) is 0 Å². The Morgan fingerprint density at radius 3 is 2.20 bits per heavy atom. The molecule has 2 N–H and O–H groups in total. The first-order chi connectivity index (χ1) is 9.05. The van der Waals surface area contributed by atoms with Crippen molar-refractivity contribution in [3.8, 4) is 0 Å². The summed E-state index contributed by atoms with van der Waals surface area (Å²) in [4.78, 5) is 14.8. The molecule has 0 atom stereocenters. The summed E-state index contributed by atoms with van der Waals surface area (Å²) in [7, 11) is 0. The van der Waals surface area contributed by atoms with Gasteiger partial charge in [-0.15, -0.1) is 12.4 Å². The summed E-state index contributed by atoms with van der Waals surface area (Å²) in [5, 5.41) is 0. The lowest BCUT2D eigenvalue weighted by Crippen LogP contribution is -2.53. The highest BCUT2D eigenvalue weighted by molar-refractivity contribution is 5.85. The Hall–Kier alpha value is -0.320. The van der Waals surface area contributed by atoms with Gasteiger partial charge in [0, 0.05) is 32.8 Å². The summed E-state index contributed by atoms with van der Waals surface area (Å²) in [5.41, 5.74) is 5.99. The highest BCUT2D eigenvalue weighted by Gasteiger charge is 2.43. The molecule has 2 saturated heterocycles. The van der Waals surface area contributed by atoms with Crippen LogP contribution in [0.15, 0.2) is 0 Å². The van der Waals surface area contributed by atoms with Gasteiger partial charge >= 0.3 is 0 Å². The lowest BCUT2D eigenvalue weighted by atomic mass is 9.75. The van der Waals surface area contributed by atoms with E-state index in [4.69, 9.17) is 10.5 Å². The first-order valence-electron chi connectivity index (χ1n) is 7.62. The molecular formula is C15H29ClN2O2. The molecule has 5 heteroatoms. The summed E-state index contributed by atoms with van der Waals surface area (Å²) >= 11 is 0. The molecule has 2 fully saturated rings. The summed E-state index contributed by atoms with van der Waals surface area (Å²) < 4.78 is 5.39. The monoisotopic (exact) mass is 304 g/mol. The smallest absolute Gasteiger partial charge is 0.230 e. The van der Waals surface area contributed by atoms with Crippen LogP contribution in [0.25, 0.3) is 0 Å². The van der Waals surface area contributed by atoms with Crippen molar-refractivity contribution in [1.82, 2.24) is 4.90 Å². The summed E-state index contributed by atoms with van der Waals surface area (Å²) in [6.07, 6.45) is 5.00. The summed E-state index contributed by atoms with van der Waals surface area (Å²) in [6.45, 7) is 8.17. The fraction of sp³-hybridized carbons (Fsp3) is 0.933. The molecule has 1 amide bonds. The minimum absolute atomic E-state index is 0. The van der Waals surface area contributed by atoms with Crippen LogP contribution in [0.1, 0.15) is 46.0 Å². The Morgan fingerprint density at radius 1 is 1.20 bits per heavy atom. The van der Waals surface area contributed by atoms with E-state index >= 15 is 0 Å². The van der Waals surface area contributed by atoms with Crippen molar-refractivity contribution in [2.24, 2.45) is 16.6 Å². The SMILES string of the molecule is CCC1(C)CCN(C(=O)C2(CN)CCOCC2)CC1.Cl. The Morgan fingerprint density at radius 2 is 1.75 bits per heavy atom. The number of nitrogens with two attached hydrogens (primary N) is 1. The molecule has 4 nitrogen and oxygen atoms in total. The van der Waals surface area contributed by atoms with Crippen LogP contribution in [0, 0.1) is 10.8 Å². The maximum absolute atomic E-state index is 12.8. The van der Waals surface area contributed by atoms with Gasteiger partial charge in [-0.2, -0.15) is 0 Å². The molecule has 2 heterocycles. The Kier molecular flexibility index (Phi) is 6.29. The van der Waals surface area contributed by atoms with Gasteiger partial charge in [-0.05, 0) is 31.1 Å². The summed E-state index contributed by atoms with van der Waals surface area (Å²) in [5.74, 6) is 0.274. The molecule has 0 radical (unpaired) electrons. The number of amides is 1. The topological polar surface area (TPSA) is 55.6 Å². The van der Waals surface area contributed by atoms with E-state index < -0.39 is 0 Å². The van der Waals surface area contributed by atoms with E-state index in [0.29, 0.717) is 25.2 Å². The maximum Gasteiger partial charge on any atom is 0.230 e. The fourth-order valence-corrected chi connectivity index (χ4v) is 3.21. The Bertz CT molecular complexity index is 322. The van der Waals surface area contributed by atoms with Gasteiger partial charge in [-0.3, -0.25) is 4.79 Å². The predicted octanol–water partition coefficient (Wildman–Crippen LogP) is 2.20. The quantitative estimate of drug-likeness (QED) is 0.869.